The summed E-state index contributed by atoms with van der Waals surface area (Å²) in [6.45, 7) is 9.38. The quantitative estimate of drug-likeness (QED) is 0.800. The molecule has 2 aliphatic rings. The minimum absolute atomic E-state index is 0.0899. The predicted molar refractivity (Wildman–Crippen MR) is 74.8 cm³/mol. The van der Waals surface area contributed by atoms with Gasteiger partial charge in [0.2, 0.25) is 5.91 Å². The van der Waals surface area contributed by atoms with E-state index in [9.17, 15) is 4.79 Å². The van der Waals surface area contributed by atoms with Crippen molar-refractivity contribution < 1.29 is 9.53 Å². The third-order valence-corrected chi connectivity index (χ3v) is 4.15. The molecular formula is C14H27N3O2. The van der Waals surface area contributed by atoms with E-state index in [4.69, 9.17) is 10.5 Å². The molecule has 2 fully saturated rings. The summed E-state index contributed by atoms with van der Waals surface area (Å²) < 4.78 is 5.76. The fourth-order valence-electron chi connectivity index (χ4n) is 3.29. The number of carbonyl (C=O) groups is 1. The van der Waals surface area contributed by atoms with E-state index in [1.54, 1.807) is 0 Å². The van der Waals surface area contributed by atoms with Gasteiger partial charge in [0.05, 0.1) is 18.8 Å². The number of rotatable bonds is 3. The van der Waals surface area contributed by atoms with Crippen LogP contribution in [0, 0.1) is 5.92 Å². The summed E-state index contributed by atoms with van der Waals surface area (Å²) in [7, 11) is 0. The first-order chi connectivity index (χ1) is 9.08. The van der Waals surface area contributed by atoms with E-state index in [0.717, 1.165) is 45.6 Å². The van der Waals surface area contributed by atoms with Crippen molar-refractivity contribution in [2.24, 2.45) is 11.7 Å². The summed E-state index contributed by atoms with van der Waals surface area (Å²) in [5.41, 5.74) is 5.40. The number of ether oxygens (including phenoxy) is 1. The van der Waals surface area contributed by atoms with E-state index < -0.39 is 0 Å². The number of piperidine rings is 1. The lowest BCUT2D eigenvalue weighted by Gasteiger charge is -2.39. The smallest absolute Gasteiger partial charge is 0.236 e. The average Bonchev–Trinajstić information content (AvgIpc) is 2.37. The standard InChI is InChI=1S/C14H27N3O2/c1-11-8-16(9-12(2)19-11)10-13-3-5-17(6-4-13)14(18)7-15/h11-13H,3-10,15H2,1-2H3. The molecule has 2 rings (SSSR count). The molecule has 0 aliphatic carbocycles. The van der Waals surface area contributed by atoms with Crippen LogP contribution in [0.15, 0.2) is 0 Å². The van der Waals surface area contributed by atoms with E-state index in [2.05, 4.69) is 18.7 Å². The zero-order valence-electron chi connectivity index (χ0n) is 12.2. The molecule has 2 atom stereocenters. The van der Waals surface area contributed by atoms with Gasteiger partial charge in [0, 0.05) is 32.7 Å². The highest BCUT2D eigenvalue weighted by molar-refractivity contribution is 5.78. The van der Waals surface area contributed by atoms with Crippen LogP contribution in [0.5, 0.6) is 0 Å². The molecule has 0 radical (unpaired) electrons. The summed E-state index contributed by atoms with van der Waals surface area (Å²) in [6, 6.07) is 0. The first kappa shape index (κ1) is 14.8. The molecule has 5 heteroatoms. The van der Waals surface area contributed by atoms with Gasteiger partial charge in [0.25, 0.3) is 0 Å². The molecule has 5 nitrogen and oxygen atoms in total. The number of morpholine rings is 1. The Morgan fingerprint density at radius 2 is 1.79 bits per heavy atom. The zero-order valence-corrected chi connectivity index (χ0v) is 12.2. The topological polar surface area (TPSA) is 58.8 Å². The first-order valence-electron chi connectivity index (χ1n) is 7.44. The minimum Gasteiger partial charge on any atom is -0.373 e. The summed E-state index contributed by atoms with van der Waals surface area (Å²) in [5, 5.41) is 0. The molecular weight excluding hydrogens is 242 g/mol. The van der Waals surface area contributed by atoms with Crippen molar-refractivity contribution in [1.29, 1.82) is 0 Å². The van der Waals surface area contributed by atoms with Crippen molar-refractivity contribution in [1.82, 2.24) is 9.80 Å². The number of amides is 1. The molecule has 2 heterocycles. The highest BCUT2D eigenvalue weighted by atomic mass is 16.5. The van der Waals surface area contributed by atoms with Crippen LogP contribution in [-0.4, -0.2) is 67.2 Å². The lowest BCUT2D eigenvalue weighted by atomic mass is 9.95. The normalized spacial score (nSPS) is 30.6. The molecule has 110 valence electrons. The van der Waals surface area contributed by atoms with Gasteiger partial charge in [-0.3, -0.25) is 9.69 Å². The van der Waals surface area contributed by atoms with Gasteiger partial charge in [-0.2, -0.15) is 0 Å². The zero-order chi connectivity index (χ0) is 13.8. The van der Waals surface area contributed by atoms with Crippen molar-refractivity contribution in [2.45, 2.75) is 38.9 Å². The Bertz CT molecular complexity index is 293. The number of hydrogen-bond acceptors (Lipinski definition) is 4. The Hall–Kier alpha value is -0.650. The van der Waals surface area contributed by atoms with Crippen LogP contribution in [0.25, 0.3) is 0 Å². The van der Waals surface area contributed by atoms with Crippen LogP contribution in [0.4, 0.5) is 0 Å². The lowest BCUT2D eigenvalue weighted by molar-refractivity contribution is -0.131. The second-order valence-corrected chi connectivity index (χ2v) is 6.00. The van der Waals surface area contributed by atoms with Gasteiger partial charge in [-0.1, -0.05) is 0 Å². The van der Waals surface area contributed by atoms with E-state index in [1.807, 2.05) is 4.90 Å². The maximum Gasteiger partial charge on any atom is 0.236 e. The SMILES string of the molecule is CC1CN(CC2CCN(C(=O)CN)CC2)CC(C)O1. The van der Waals surface area contributed by atoms with E-state index in [1.165, 1.54) is 0 Å². The van der Waals surface area contributed by atoms with Crippen molar-refractivity contribution in [3.8, 4) is 0 Å². The largest absolute Gasteiger partial charge is 0.373 e. The summed E-state index contributed by atoms with van der Waals surface area (Å²) in [6.07, 6.45) is 2.88. The molecule has 0 spiro atoms. The van der Waals surface area contributed by atoms with Crippen LogP contribution in [0.1, 0.15) is 26.7 Å². The third-order valence-electron chi connectivity index (χ3n) is 4.15. The molecule has 0 bridgehead atoms. The molecule has 0 saturated carbocycles. The van der Waals surface area contributed by atoms with E-state index >= 15 is 0 Å². The highest BCUT2D eigenvalue weighted by Crippen LogP contribution is 2.20. The van der Waals surface area contributed by atoms with Gasteiger partial charge in [-0.25, -0.2) is 0 Å². The number of carbonyl (C=O) groups excluding carboxylic acids is 1. The average molecular weight is 269 g/mol. The minimum atomic E-state index is 0.0899. The second kappa shape index (κ2) is 6.68. The highest BCUT2D eigenvalue weighted by Gasteiger charge is 2.27. The van der Waals surface area contributed by atoms with Gasteiger partial charge in [-0.15, -0.1) is 0 Å². The van der Waals surface area contributed by atoms with Crippen molar-refractivity contribution in [3.05, 3.63) is 0 Å². The monoisotopic (exact) mass is 269 g/mol. The lowest BCUT2D eigenvalue weighted by Crippen LogP contribution is -2.49. The molecule has 19 heavy (non-hydrogen) atoms. The molecule has 2 aliphatic heterocycles. The molecule has 2 unspecified atom stereocenters. The van der Waals surface area contributed by atoms with Crippen LogP contribution in [-0.2, 0) is 9.53 Å². The van der Waals surface area contributed by atoms with Gasteiger partial charge in [0.15, 0.2) is 0 Å². The maximum atomic E-state index is 11.5. The summed E-state index contributed by atoms with van der Waals surface area (Å²) in [4.78, 5) is 15.9. The van der Waals surface area contributed by atoms with Crippen LogP contribution < -0.4 is 5.73 Å². The summed E-state index contributed by atoms with van der Waals surface area (Å²) >= 11 is 0. The van der Waals surface area contributed by atoms with Crippen LogP contribution >= 0.6 is 0 Å². The van der Waals surface area contributed by atoms with E-state index in [0.29, 0.717) is 18.1 Å². The number of hydrogen-bond donors (Lipinski definition) is 1. The number of nitrogens with two attached hydrogens (primary N) is 1. The van der Waals surface area contributed by atoms with E-state index in [-0.39, 0.29) is 12.5 Å². The van der Waals surface area contributed by atoms with Crippen LogP contribution in [0.2, 0.25) is 0 Å². The Kier molecular flexibility index (Phi) is 5.19. The van der Waals surface area contributed by atoms with Crippen LogP contribution in [0.3, 0.4) is 0 Å². The Morgan fingerprint density at radius 1 is 1.21 bits per heavy atom. The molecule has 2 N–H and O–H groups in total. The predicted octanol–water partition coefficient (Wildman–Crippen LogP) is 0.293. The first-order valence-corrected chi connectivity index (χ1v) is 7.44. The Labute approximate surface area is 116 Å². The third kappa shape index (κ3) is 4.16. The molecule has 0 aromatic rings. The fourth-order valence-corrected chi connectivity index (χ4v) is 3.29. The van der Waals surface area contributed by atoms with Crippen molar-refractivity contribution in [2.75, 3.05) is 39.3 Å². The molecule has 2 saturated heterocycles. The van der Waals surface area contributed by atoms with Crippen molar-refractivity contribution >= 4 is 5.91 Å². The van der Waals surface area contributed by atoms with Gasteiger partial charge in [0.1, 0.15) is 0 Å². The molecule has 1 amide bonds. The second-order valence-electron chi connectivity index (χ2n) is 6.00. The van der Waals surface area contributed by atoms with Gasteiger partial charge >= 0.3 is 0 Å². The molecule has 0 aromatic heterocycles. The number of nitrogens with zero attached hydrogens (tertiary/aromatic N) is 2. The Balaban J connectivity index is 1.74. The fraction of sp³-hybridized carbons (Fsp3) is 0.929. The Morgan fingerprint density at radius 3 is 2.32 bits per heavy atom. The number of likely N-dealkylation sites (tertiary alicyclic amines) is 1. The van der Waals surface area contributed by atoms with Gasteiger partial charge < -0.3 is 15.4 Å². The summed E-state index contributed by atoms with van der Waals surface area (Å²) in [5.74, 6) is 0.798. The maximum absolute atomic E-state index is 11.5. The molecule has 0 aromatic carbocycles. The van der Waals surface area contributed by atoms with Gasteiger partial charge in [-0.05, 0) is 32.6 Å². The van der Waals surface area contributed by atoms with Crippen molar-refractivity contribution in [3.63, 3.8) is 0 Å².